The zero-order valence-corrected chi connectivity index (χ0v) is 15.6. The molecule has 0 saturated heterocycles. The molecule has 0 fully saturated rings. The smallest absolute Gasteiger partial charge is 0.355 e. The standard InChI is InChI=1S/C17H15ClN4O3S/c1-10-4-3-7-22-15(10)20-16(21-17(22)24)26-9-14(23)19-12-8-11(18)5-6-13(12)25-2/h3-8H,9H2,1-2H3,(H,19,23). The number of hydrogen-bond acceptors (Lipinski definition) is 6. The number of nitrogens with one attached hydrogen (secondary N) is 1. The number of thioether (sulfide) groups is 1. The normalized spacial score (nSPS) is 10.7. The molecule has 9 heteroatoms. The van der Waals surface area contributed by atoms with Crippen LogP contribution >= 0.6 is 23.4 Å². The Bertz CT molecular complexity index is 1040. The molecule has 1 N–H and O–H groups in total. The van der Waals surface area contributed by atoms with Crippen molar-refractivity contribution in [2.24, 2.45) is 0 Å². The van der Waals surface area contributed by atoms with Gasteiger partial charge in [0, 0.05) is 11.2 Å². The second kappa shape index (κ2) is 7.76. The number of ether oxygens (including phenoxy) is 1. The van der Waals surface area contributed by atoms with Gasteiger partial charge in [0.25, 0.3) is 0 Å². The molecule has 0 spiro atoms. The Labute approximate surface area is 158 Å². The number of nitrogens with zero attached hydrogens (tertiary/aromatic N) is 3. The molecule has 0 bridgehead atoms. The van der Waals surface area contributed by atoms with Crippen molar-refractivity contribution in [1.82, 2.24) is 14.4 Å². The van der Waals surface area contributed by atoms with Gasteiger partial charge in [-0.25, -0.2) is 9.78 Å². The molecule has 2 heterocycles. The number of pyridine rings is 1. The predicted molar refractivity (Wildman–Crippen MR) is 101 cm³/mol. The van der Waals surface area contributed by atoms with E-state index >= 15 is 0 Å². The molecule has 134 valence electrons. The molecule has 0 aliphatic heterocycles. The molecule has 0 aliphatic carbocycles. The zero-order chi connectivity index (χ0) is 18.7. The highest BCUT2D eigenvalue weighted by atomic mass is 35.5. The number of fused-ring (bicyclic) bond motifs is 1. The van der Waals surface area contributed by atoms with E-state index in [2.05, 4.69) is 15.3 Å². The Morgan fingerprint density at radius 2 is 2.15 bits per heavy atom. The molecule has 1 aromatic carbocycles. The summed E-state index contributed by atoms with van der Waals surface area (Å²) in [6.07, 6.45) is 1.61. The maximum absolute atomic E-state index is 12.2. The summed E-state index contributed by atoms with van der Waals surface area (Å²) in [7, 11) is 1.51. The Morgan fingerprint density at radius 3 is 2.92 bits per heavy atom. The molecular weight excluding hydrogens is 376 g/mol. The Kier molecular flexibility index (Phi) is 5.43. The molecule has 26 heavy (non-hydrogen) atoms. The van der Waals surface area contributed by atoms with Gasteiger partial charge in [-0.15, -0.1) is 0 Å². The van der Waals surface area contributed by atoms with E-state index in [9.17, 15) is 9.59 Å². The summed E-state index contributed by atoms with van der Waals surface area (Å²) in [6, 6.07) is 8.55. The van der Waals surface area contributed by atoms with Gasteiger partial charge in [-0.2, -0.15) is 4.98 Å². The lowest BCUT2D eigenvalue weighted by Crippen LogP contribution is -2.20. The number of rotatable bonds is 5. The molecule has 0 atom stereocenters. The molecule has 7 nitrogen and oxygen atoms in total. The highest BCUT2D eigenvalue weighted by Gasteiger charge is 2.11. The van der Waals surface area contributed by atoms with Gasteiger partial charge >= 0.3 is 5.69 Å². The van der Waals surface area contributed by atoms with Gasteiger partial charge in [-0.05, 0) is 36.8 Å². The Morgan fingerprint density at radius 1 is 1.35 bits per heavy atom. The molecule has 0 saturated carbocycles. The second-order valence-corrected chi connectivity index (χ2v) is 6.73. The minimum absolute atomic E-state index is 0.0389. The van der Waals surface area contributed by atoms with Gasteiger partial charge in [0.15, 0.2) is 5.16 Å². The van der Waals surface area contributed by atoms with Crippen LogP contribution in [0.4, 0.5) is 5.69 Å². The van der Waals surface area contributed by atoms with E-state index in [0.717, 1.165) is 17.3 Å². The lowest BCUT2D eigenvalue weighted by molar-refractivity contribution is -0.113. The van der Waals surface area contributed by atoms with Crippen molar-refractivity contribution in [3.8, 4) is 5.75 Å². The quantitative estimate of drug-likeness (QED) is 0.674. The second-order valence-electron chi connectivity index (χ2n) is 5.36. The van der Waals surface area contributed by atoms with Crippen molar-refractivity contribution in [1.29, 1.82) is 0 Å². The third kappa shape index (κ3) is 3.97. The minimum Gasteiger partial charge on any atom is -0.495 e. The van der Waals surface area contributed by atoms with Gasteiger partial charge in [0.1, 0.15) is 11.4 Å². The van der Waals surface area contributed by atoms with Crippen LogP contribution in [-0.4, -0.2) is 33.1 Å². The lowest BCUT2D eigenvalue weighted by Gasteiger charge is -2.10. The largest absolute Gasteiger partial charge is 0.495 e. The number of halogens is 1. The SMILES string of the molecule is COc1ccc(Cl)cc1NC(=O)CSc1nc(=O)n2cccc(C)c2n1. The first kappa shape index (κ1) is 18.2. The molecule has 2 aromatic heterocycles. The van der Waals surface area contributed by atoms with Gasteiger partial charge < -0.3 is 10.1 Å². The average molecular weight is 391 g/mol. The number of benzene rings is 1. The van der Waals surface area contributed by atoms with Crippen molar-refractivity contribution < 1.29 is 9.53 Å². The number of methoxy groups -OCH3 is 1. The summed E-state index contributed by atoms with van der Waals surface area (Å²) < 4.78 is 6.56. The number of aromatic nitrogens is 3. The topological polar surface area (TPSA) is 85.6 Å². The molecule has 0 unspecified atom stereocenters. The third-order valence-electron chi connectivity index (χ3n) is 3.53. The number of aryl methyl sites for hydroxylation is 1. The highest BCUT2D eigenvalue weighted by molar-refractivity contribution is 7.99. The van der Waals surface area contributed by atoms with Crippen molar-refractivity contribution in [3.05, 3.63) is 57.6 Å². The number of carbonyl (C=O) groups excluding carboxylic acids is 1. The zero-order valence-electron chi connectivity index (χ0n) is 14.0. The fraction of sp³-hybridized carbons (Fsp3) is 0.176. The van der Waals surface area contributed by atoms with Gasteiger partial charge in [-0.1, -0.05) is 29.4 Å². The van der Waals surface area contributed by atoms with Crippen molar-refractivity contribution in [3.63, 3.8) is 0 Å². The summed E-state index contributed by atoms with van der Waals surface area (Å²) in [5.41, 5.74) is 1.41. The Balaban J connectivity index is 1.74. The van der Waals surface area contributed by atoms with E-state index in [1.165, 1.54) is 11.5 Å². The first-order chi connectivity index (χ1) is 12.5. The fourth-order valence-electron chi connectivity index (χ4n) is 2.32. The maximum Gasteiger partial charge on any atom is 0.355 e. The number of anilines is 1. The van der Waals surface area contributed by atoms with Crippen molar-refractivity contribution in [2.75, 3.05) is 18.2 Å². The molecule has 0 aliphatic rings. The number of hydrogen-bond donors (Lipinski definition) is 1. The summed E-state index contributed by atoms with van der Waals surface area (Å²) in [4.78, 5) is 32.5. The summed E-state index contributed by atoms with van der Waals surface area (Å²) in [6.45, 7) is 1.86. The summed E-state index contributed by atoms with van der Waals surface area (Å²) >= 11 is 7.03. The number of amides is 1. The molecule has 3 rings (SSSR count). The third-order valence-corrected chi connectivity index (χ3v) is 4.61. The maximum atomic E-state index is 12.2. The van der Waals surface area contributed by atoms with Crippen LogP contribution in [0.2, 0.25) is 5.02 Å². The van der Waals surface area contributed by atoms with E-state index in [1.54, 1.807) is 30.5 Å². The van der Waals surface area contributed by atoms with Crippen LogP contribution in [0, 0.1) is 6.92 Å². The lowest BCUT2D eigenvalue weighted by atomic mass is 10.3. The minimum atomic E-state index is -0.432. The summed E-state index contributed by atoms with van der Waals surface area (Å²) in [5.74, 6) is 0.254. The van der Waals surface area contributed by atoms with E-state index in [4.69, 9.17) is 16.3 Å². The Hall–Kier alpha value is -2.58. The predicted octanol–water partition coefficient (Wildman–Crippen LogP) is 2.79. The van der Waals surface area contributed by atoms with Crippen LogP contribution in [0.1, 0.15) is 5.56 Å². The first-order valence-electron chi connectivity index (χ1n) is 7.60. The molecule has 0 radical (unpaired) electrons. The average Bonchev–Trinajstić information content (AvgIpc) is 2.61. The molecular formula is C17H15ClN4O3S. The van der Waals surface area contributed by atoms with E-state index in [0.29, 0.717) is 22.1 Å². The van der Waals surface area contributed by atoms with Crippen LogP contribution in [0.5, 0.6) is 5.75 Å². The molecule has 1 amide bonds. The fourth-order valence-corrected chi connectivity index (χ4v) is 3.11. The van der Waals surface area contributed by atoms with E-state index < -0.39 is 5.69 Å². The van der Waals surface area contributed by atoms with Crippen LogP contribution < -0.4 is 15.7 Å². The monoisotopic (exact) mass is 390 g/mol. The van der Waals surface area contributed by atoms with Crippen LogP contribution in [0.15, 0.2) is 46.5 Å². The van der Waals surface area contributed by atoms with Crippen LogP contribution in [0.3, 0.4) is 0 Å². The van der Waals surface area contributed by atoms with Gasteiger partial charge in [0.05, 0.1) is 18.6 Å². The van der Waals surface area contributed by atoms with Crippen molar-refractivity contribution >= 4 is 40.6 Å². The molecule has 3 aromatic rings. The summed E-state index contributed by atoms with van der Waals surface area (Å²) in [5, 5.41) is 3.46. The van der Waals surface area contributed by atoms with Crippen LogP contribution in [0.25, 0.3) is 5.65 Å². The first-order valence-corrected chi connectivity index (χ1v) is 8.96. The van der Waals surface area contributed by atoms with Gasteiger partial charge in [0.2, 0.25) is 5.91 Å². The highest BCUT2D eigenvalue weighted by Crippen LogP contribution is 2.28. The van der Waals surface area contributed by atoms with E-state index in [-0.39, 0.29) is 16.8 Å². The van der Waals surface area contributed by atoms with E-state index in [1.807, 2.05) is 13.0 Å². The van der Waals surface area contributed by atoms with Crippen LogP contribution in [-0.2, 0) is 4.79 Å². The number of carbonyl (C=O) groups is 1. The van der Waals surface area contributed by atoms with Crippen molar-refractivity contribution in [2.45, 2.75) is 12.1 Å². The van der Waals surface area contributed by atoms with Gasteiger partial charge in [-0.3, -0.25) is 9.20 Å².